The second-order valence-electron chi connectivity index (χ2n) is 11.3. The van der Waals surface area contributed by atoms with E-state index in [9.17, 15) is 19.5 Å². The van der Waals surface area contributed by atoms with E-state index in [-0.39, 0.29) is 34.5 Å². The normalized spacial score (nSPS) is 11.6. The summed E-state index contributed by atoms with van der Waals surface area (Å²) in [4.78, 5) is 36.2. The Morgan fingerprint density at radius 3 is 1.61 bits per heavy atom. The maximum absolute atomic E-state index is 13.0. The third kappa shape index (κ3) is 10.4. The molecular formula is C40H38BrClN2O7. The Hall–Kier alpha value is -5.16. The molecule has 5 rings (SSSR count). The maximum atomic E-state index is 13.0. The molecule has 264 valence electrons. The lowest BCUT2D eigenvalue weighted by atomic mass is 10.0. The van der Waals surface area contributed by atoms with E-state index < -0.39 is 24.0 Å². The lowest BCUT2D eigenvalue weighted by Crippen LogP contribution is -2.42. The highest BCUT2D eigenvalue weighted by Gasteiger charge is 2.28. The van der Waals surface area contributed by atoms with Gasteiger partial charge in [-0.1, -0.05) is 121 Å². The third-order valence-electron chi connectivity index (χ3n) is 7.90. The first-order valence-corrected chi connectivity index (χ1v) is 17.0. The Balaban J connectivity index is 0.000000261. The lowest BCUT2D eigenvalue weighted by molar-refractivity contribution is -0.142. The summed E-state index contributed by atoms with van der Waals surface area (Å²) in [7, 11) is 4.11. The molecule has 51 heavy (non-hydrogen) atoms. The molecule has 5 aromatic rings. The Bertz CT molecular complexity index is 1900. The molecular weight excluding hydrogens is 736 g/mol. The second kappa shape index (κ2) is 18.7. The van der Waals surface area contributed by atoms with Crippen molar-refractivity contribution in [3.63, 3.8) is 0 Å². The number of carboxylic acids is 1. The van der Waals surface area contributed by atoms with Gasteiger partial charge in [-0.3, -0.25) is 9.59 Å². The predicted octanol–water partition coefficient (Wildman–Crippen LogP) is 7.61. The van der Waals surface area contributed by atoms with Crippen molar-refractivity contribution in [1.29, 1.82) is 0 Å². The summed E-state index contributed by atoms with van der Waals surface area (Å²) in [5, 5.41) is 12.5. The molecule has 0 aliphatic heterocycles. The summed E-state index contributed by atoms with van der Waals surface area (Å²) in [5.41, 5.74) is 11.9. The van der Waals surface area contributed by atoms with Gasteiger partial charge in [-0.05, 0) is 61.8 Å². The van der Waals surface area contributed by atoms with Gasteiger partial charge in [-0.2, -0.15) is 0 Å². The lowest BCUT2D eigenvalue weighted by Gasteiger charge is -2.19. The van der Waals surface area contributed by atoms with Crippen molar-refractivity contribution in [3.05, 3.63) is 141 Å². The Labute approximate surface area is 310 Å². The van der Waals surface area contributed by atoms with Crippen LogP contribution in [0.5, 0.6) is 11.5 Å². The van der Waals surface area contributed by atoms with E-state index in [0.717, 1.165) is 27.8 Å². The van der Waals surface area contributed by atoms with E-state index in [4.69, 9.17) is 26.8 Å². The number of nitrogens with two attached hydrogens (primary N) is 1. The van der Waals surface area contributed by atoms with Crippen LogP contribution in [-0.4, -0.2) is 56.4 Å². The number of carboxylic acid groups (broad SMARTS) is 1. The zero-order chi connectivity index (χ0) is 36.9. The number of hydrogen-bond acceptors (Lipinski definition) is 7. The SMILES string of the molecule is COC(=O)[C@@H](N)Cc1ccc(-c2ccccc2)cc1.COc1c(Cl)cc(Br)c(OC)c1C(=O)N[C@@H](Cc1ccc(-c2ccccc2)cc1)C(=O)O. The van der Waals surface area contributed by atoms with Crippen LogP contribution in [0, 0.1) is 0 Å². The largest absolute Gasteiger partial charge is 0.495 e. The van der Waals surface area contributed by atoms with E-state index in [1.54, 1.807) is 6.07 Å². The van der Waals surface area contributed by atoms with Gasteiger partial charge < -0.3 is 30.4 Å². The second-order valence-corrected chi connectivity index (χ2v) is 12.6. The number of methoxy groups -OCH3 is 3. The average Bonchev–Trinajstić information content (AvgIpc) is 3.15. The smallest absolute Gasteiger partial charge is 0.326 e. The van der Waals surface area contributed by atoms with Crippen LogP contribution >= 0.6 is 27.5 Å². The number of hydrogen-bond donors (Lipinski definition) is 3. The summed E-state index contributed by atoms with van der Waals surface area (Å²) in [6.07, 6.45) is 0.588. The molecule has 0 bridgehead atoms. The van der Waals surface area contributed by atoms with Crippen LogP contribution in [0.2, 0.25) is 5.02 Å². The fourth-order valence-electron chi connectivity index (χ4n) is 5.27. The highest BCUT2D eigenvalue weighted by molar-refractivity contribution is 9.10. The summed E-state index contributed by atoms with van der Waals surface area (Å²) < 4.78 is 15.6. The standard InChI is InChI=1S/C24H21BrClNO5.C16H17NO2/c1-31-21-17(25)13-18(26)22(32-2)20(21)23(28)27-19(24(29)30)12-14-8-10-16(11-9-14)15-6-4-3-5-7-15;1-19-16(18)15(17)11-12-7-9-14(10-8-12)13-5-3-2-4-6-13/h3-11,13,19H,12H2,1-2H3,(H,27,28)(H,29,30);2-10,15H,11,17H2,1H3/t19-;15-/m00/s1. The Morgan fingerprint density at radius 1 is 0.725 bits per heavy atom. The van der Waals surface area contributed by atoms with Crippen LogP contribution < -0.4 is 20.5 Å². The minimum atomic E-state index is -1.17. The molecule has 0 aliphatic rings. The molecule has 4 N–H and O–H groups in total. The van der Waals surface area contributed by atoms with E-state index in [1.807, 2.05) is 97.1 Å². The topological polar surface area (TPSA) is 137 Å². The van der Waals surface area contributed by atoms with Gasteiger partial charge in [-0.15, -0.1) is 0 Å². The molecule has 0 heterocycles. The molecule has 0 aromatic heterocycles. The van der Waals surface area contributed by atoms with Crippen LogP contribution in [0.25, 0.3) is 22.3 Å². The number of carbonyl (C=O) groups is 3. The van der Waals surface area contributed by atoms with Crippen LogP contribution in [0.15, 0.2) is 120 Å². The van der Waals surface area contributed by atoms with Crippen molar-refractivity contribution in [3.8, 4) is 33.8 Å². The van der Waals surface area contributed by atoms with Crippen molar-refractivity contribution in [1.82, 2.24) is 5.32 Å². The number of aliphatic carboxylic acids is 1. The van der Waals surface area contributed by atoms with Crippen LogP contribution in [0.1, 0.15) is 21.5 Å². The highest BCUT2D eigenvalue weighted by atomic mass is 79.9. The Morgan fingerprint density at radius 2 is 1.18 bits per heavy atom. The Kier molecular flexibility index (Phi) is 14.2. The van der Waals surface area contributed by atoms with Gasteiger partial charge in [0.05, 0.1) is 30.8 Å². The van der Waals surface area contributed by atoms with Crippen molar-refractivity contribution in [2.75, 3.05) is 21.3 Å². The molecule has 0 radical (unpaired) electrons. The van der Waals surface area contributed by atoms with Crippen LogP contribution in [0.4, 0.5) is 0 Å². The molecule has 5 aromatic carbocycles. The number of carbonyl (C=O) groups excluding carboxylic acids is 2. The number of esters is 1. The van der Waals surface area contributed by atoms with Gasteiger partial charge in [0.25, 0.3) is 5.91 Å². The number of halogens is 2. The molecule has 0 fully saturated rings. The summed E-state index contributed by atoms with van der Waals surface area (Å²) >= 11 is 9.50. The monoisotopic (exact) mass is 772 g/mol. The molecule has 0 saturated heterocycles. The summed E-state index contributed by atoms with van der Waals surface area (Å²) in [5.74, 6) is -1.92. The highest BCUT2D eigenvalue weighted by Crippen LogP contribution is 2.41. The molecule has 0 spiro atoms. The van der Waals surface area contributed by atoms with Crippen LogP contribution in [-0.2, 0) is 27.2 Å². The quantitative estimate of drug-likeness (QED) is 0.110. The maximum Gasteiger partial charge on any atom is 0.326 e. The number of ether oxygens (including phenoxy) is 3. The fraction of sp³-hybridized carbons (Fsp3) is 0.175. The number of rotatable bonds is 12. The number of nitrogens with one attached hydrogen (secondary N) is 1. The number of amides is 1. The van der Waals surface area contributed by atoms with Crippen LogP contribution in [0.3, 0.4) is 0 Å². The molecule has 0 unspecified atom stereocenters. The van der Waals surface area contributed by atoms with Crippen molar-refractivity contribution >= 4 is 45.4 Å². The number of benzene rings is 5. The molecule has 0 saturated carbocycles. The van der Waals surface area contributed by atoms with Gasteiger partial charge in [0.1, 0.15) is 23.4 Å². The zero-order valence-corrected chi connectivity index (χ0v) is 30.6. The first-order valence-electron chi connectivity index (χ1n) is 15.8. The summed E-state index contributed by atoms with van der Waals surface area (Å²) in [6.45, 7) is 0. The predicted molar refractivity (Wildman–Crippen MR) is 202 cm³/mol. The van der Waals surface area contributed by atoms with Gasteiger partial charge in [0.15, 0.2) is 5.75 Å². The molecule has 11 heteroatoms. The molecule has 9 nitrogen and oxygen atoms in total. The van der Waals surface area contributed by atoms with Gasteiger partial charge in [-0.25, -0.2) is 4.79 Å². The van der Waals surface area contributed by atoms with Gasteiger partial charge in [0, 0.05) is 6.42 Å². The molecule has 0 aliphatic carbocycles. The van der Waals surface area contributed by atoms with Gasteiger partial charge >= 0.3 is 11.9 Å². The van der Waals surface area contributed by atoms with Crippen molar-refractivity contribution in [2.24, 2.45) is 5.73 Å². The van der Waals surface area contributed by atoms with Gasteiger partial charge in [0.2, 0.25) is 0 Å². The fourth-order valence-corrected chi connectivity index (χ4v) is 6.27. The first kappa shape index (κ1) is 38.6. The van der Waals surface area contributed by atoms with E-state index in [2.05, 4.69) is 38.1 Å². The van der Waals surface area contributed by atoms with E-state index in [1.165, 1.54) is 26.9 Å². The minimum Gasteiger partial charge on any atom is -0.495 e. The summed E-state index contributed by atoms with van der Waals surface area (Å²) in [6, 6.07) is 35.4. The third-order valence-corrected chi connectivity index (χ3v) is 8.77. The zero-order valence-electron chi connectivity index (χ0n) is 28.3. The average molecular weight is 774 g/mol. The molecule has 2 atom stereocenters. The van der Waals surface area contributed by atoms with Crippen molar-refractivity contribution in [2.45, 2.75) is 24.9 Å². The first-order chi connectivity index (χ1) is 24.6. The van der Waals surface area contributed by atoms with E-state index in [0.29, 0.717) is 10.9 Å². The van der Waals surface area contributed by atoms with Crippen molar-refractivity contribution < 1.29 is 33.7 Å². The molecule has 1 amide bonds. The minimum absolute atomic E-state index is 0.0139. The van der Waals surface area contributed by atoms with E-state index >= 15 is 0 Å².